The smallest absolute Gasteiger partial charge is 0.266 e. The number of rotatable bonds is 2. The van der Waals surface area contributed by atoms with Gasteiger partial charge in [-0.3, -0.25) is 15.0 Å². The van der Waals surface area contributed by atoms with Crippen molar-refractivity contribution in [1.29, 1.82) is 0 Å². The van der Waals surface area contributed by atoms with Crippen LogP contribution in [0, 0.1) is 5.92 Å². The summed E-state index contributed by atoms with van der Waals surface area (Å²) in [6.07, 6.45) is 7.07. The van der Waals surface area contributed by atoms with Crippen molar-refractivity contribution >= 4 is 5.91 Å². The van der Waals surface area contributed by atoms with Gasteiger partial charge in [0.25, 0.3) is 5.56 Å². The van der Waals surface area contributed by atoms with Gasteiger partial charge in [-0.1, -0.05) is 12.8 Å². The van der Waals surface area contributed by atoms with Crippen molar-refractivity contribution in [2.24, 2.45) is 13.0 Å². The first-order valence-corrected chi connectivity index (χ1v) is 8.99. The Kier molecular flexibility index (Phi) is 4.14. The third-order valence-corrected chi connectivity index (χ3v) is 5.75. The number of amides is 1. The van der Waals surface area contributed by atoms with Crippen molar-refractivity contribution in [3.8, 4) is 0 Å². The summed E-state index contributed by atoms with van der Waals surface area (Å²) < 4.78 is 1.38. The highest BCUT2D eigenvalue weighted by atomic mass is 16.2. The molecule has 4 atom stereocenters. The summed E-state index contributed by atoms with van der Waals surface area (Å²) in [6.45, 7) is 0. The normalized spacial score (nSPS) is 32.0. The van der Waals surface area contributed by atoms with E-state index in [2.05, 4.69) is 21.3 Å². The van der Waals surface area contributed by atoms with Crippen molar-refractivity contribution in [3.63, 3.8) is 0 Å². The van der Waals surface area contributed by atoms with E-state index >= 15 is 0 Å². The molecule has 0 bridgehead atoms. The Hall–Kier alpha value is -1.73. The van der Waals surface area contributed by atoms with Crippen LogP contribution in [0.1, 0.15) is 43.4 Å². The second-order valence-electron chi connectivity index (χ2n) is 7.35. The summed E-state index contributed by atoms with van der Waals surface area (Å²) in [6, 6.07) is 2.03. The van der Waals surface area contributed by atoms with Crippen LogP contribution in [-0.4, -0.2) is 33.8 Å². The maximum Gasteiger partial charge on any atom is 0.266 e. The second kappa shape index (κ2) is 6.29. The fraction of sp³-hybridized carbons (Fsp3) is 0.706. The Bertz CT molecular complexity index is 701. The van der Waals surface area contributed by atoms with E-state index in [4.69, 9.17) is 0 Å². The quantitative estimate of drug-likeness (QED) is 0.698. The number of hydrogen-bond donors (Lipinski definition) is 3. The minimum atomic E-state index is -0.140. The summed E-state index contributed by atoms with van der Waals surface area (Å²) in [5.41, 5.74) is 8.35. The average molecular weight is 331 g/mol. The molecule has 3 aliphatic rings. The first-order valence-electron chi connectivity index (χ1n) is 8.99. The molecule has 130 valence electrons. The van der Waals surface area contributed by atoms with Crippen LogP contribution in [0.2, 0.25) is 0 Å². The highest BCUT2D eigenvalue weighted by molar-refractivity contribution is 5.82. The summed E-state index contributed by atoms with van der Waals surface area (Å²) in [4.78, 5) is 24.5. The lowest BCUT2D eigenvalue weighted by molar-refractivity contribution is -0.124. The highest BCUT2D eigenvalue weighted by Gasteiger charge is 2.41. The average Bonchev–Trinajstić information content (AvgIpc) is 3.00. The number of hydrogen-bond acceptors (Lipinski definition) is 5. The fourth-order valence-electron chi connectivity index (χ4n) is 4.40. The standard InChI is InChI=1S/C17H25N5O2/c1-22-15(23)9-10-8-11(6-7-13(10)21-22)18-17(24)16-12-4-2-3-5-14(12)19-20-16/h9,11-12,14,16,19-20H,2-8H2,1H3,(H,18,24). The van der Waals surface area contributed by atoms with Gasteiger partial charge < -0.3 is 5.32 Å². The molecule has 1 amide bonds. The maximum atomic E-state index is 12.7. The van der Waals surface area contributed by atoms with E-state index in [1.807, 2.05) is 0 Å². The van der Waals surface area contributed by atoms with Crippen molar-refractivity contribution in [1.82, 2.24) is 25.9 Å². The van der Waals surface area contributed by atoms with Crippen LogP contribution >= 0.6 is 0 Å². The van der Waals surface area contributed by atoms with Gasteiger partial charge in [-0.05, 0) is 37.7 Å². The molecule has 1 aliphatic heterocycles. The molecular formula is C17H25N5O2. The Morgan fingerprint density at radius 2 is 2.12 bits per heavy atom. The topological polar surface area (TPSA) is 88.0 Å². The molecule has 0 aromatic carbocycles. The van der Waals surface area contributed by atoms with E-state index < -0.39 is 0 Å². The van der Waals surface area contributed by atoms with Gasteiger partial charge >= 0.3 is 0 Å². The Morgan fingerprint density at radius 3 is 3.00 bits per heavy atom. The predicted molar refractivity (Wildman–Crippen MR) is 89.2 cm³/mol. The molecule has 7 nitrogen and oxygen atoms in total. The van der Waals surface area contributed by atoms with E-state index in [1.165, 1.54) is 17.5 Å². The highest BCUT2D eigenvalue weighted by Crippen LogP contribution is 2.30. The molecule has 3 N–H and O–H groups in total. The number of carbonyl (C=O) groups excluding carboxylic acids is 1. The zero-order valence-corrected chi connectivity index (χ0v) is 14.0. The van der Waals surface area contributed by atoms with Crippen molar-refractivity contribution in [2.75, 3.05) is 0 Å². The largest absolute Gasteiger partial charge is 0.352 e. The lowest BCUT2D eigenvalue weighted by Crippen LogP contribution is -2.50. The van der Waals surface area contributed by atoms with Crippen LogP contribution in [0.25, 0.3) is 0 Å². The van der Waals surface area contributed by atoms with Gasteiger partial charge in [0, 0.05) is 31.1 Å². The molecule has 0 spiro atoms. The minimum absolute atomic E-state index is 0.0853. The molecule has 1 saturated carbocycles. The molecule has 2 aliphatic carbocycles. The van der Waals surface area contributed by atoms with Crippen LogP contribution in [0.3, 0.4) is 0 Å². The van der Waals surface area contributed by atoms with Crippen molar-refractivity contribution in [3.05, 3.63) is 27.7 Å². The molecule has 7 heteroatoms. The zero-order chi connectivity index (χ0) is 16.7. The summed E-state index contributed by atoms with van der Waals surface area (Å²) in [5, 5.41) is 7.52. The number of fused-ring (bicyclic) bond motifs is 2. The molecule has 4 unspecified atom stereocenters. The first-order chi connectivity index (χ1) is 11.6. The molecular weight excluding hydrogens is 306 g/mol. The first kappa shape index (κ1) is 15.8. The van der Waals surface area contributed by atoms with Gasteiger partial charge in [-0.2, -0.15) is 5.10 Å². The fourth-order valence-corrected chi connectivity index (χ4v) is 4.40. The summed E-state index contributed by atoms with van der Waals surface area (Å²) >= 11 is 0. The van der Waals surface area contributed by atoms with Gasteiger partial charge in [0.05, 0.1) is 5.69 Å². The molecule has 2 fully saturated rings. The number of hydrazine groups is 1. The van der Waals surface area contributed by atoms with Gasteiger partial charge in [-0.15, -0.1) is 0 Å². The van der Waals surface area contributed by atoms with Crippen LogP contribution in [0.4, 0.5) is 0 Å². The minimum Gasteiger partial charge on any atom is -0.352 e. The SMILES string of the molecule is Cn1nc2c(cc1=O)CC(NC(=O)C1NNC3CCCCC31)CC2. The van der Waals surface area contributed by atoms with E-state index in [9.17, 15) is 9.59 Å². The number of carbonyl (C=O) groups is 1. The van der Waals surface area contributed by atoms with E-state index in [-0.39, 0.29) is 23.6 Å². The Labute approximate surface area is 141 Å². The molecule has 4 rings (SSSR count). The van der Waals surface area contributed by atoms with Gasteiger partial charge in [0.15, 0.2) is 0 Å². The van der Waals surface area contributed by atoms with Crippen LogP contribution in [0.5, 0.6) is 0 Å². The third kappa shape index (κ3) is 2.86. The zero-order valence-electron chi connectivity index (χ0n) is 14.0. The number of aromatic nitrogens is 2. The summed E-state index contributed by atoms with van der Waals surface area (Å²) in [7, 11) is 1.68. The molecule has 1 aromatic rings. The van der Waals surface area contributed by atoms with Gasteiger partial charge in [-0.25, -0.2) is 10.1 Å². The van der Waals surface area contributed by atoms with E-state index in [1.54, 1.807) is 13.1 Å². The molecule has 24 heavy (non-hydrogen) atoms. The summed E-state index contributed by atoms with van der Waals surface area (Å²) in [5.74, 6) is 0.478. The van der Waals surface area contributed by atoms with Gasteiger partial charge in [0.1, 0.15) is 6.04 Å². The van der Waals surface area contributed by atoms with Crippen molar-refractivity contribution < 1.29 is 4.79 Å². The maximum absolute atomic E-state index is 12.7. The van der Waals surface area contributed by atoms with Crippen LogP contribution in [-0.2, 0) is 24.7 Å². The Balaban J connectivity index is 1.42. The number of nitrogens with zero attached hydrogens (tertiary/aromatic N) is 2. The van der Waals surface area contributed by atoms with Crippen molar-refractivity contribution in [2.45, 2.75) is 63.1 Å². The second-order valence-corrected chi connectivity index (χ2v) is 7.35. The lowest BCUT2D eigenvalue weighted by atomic mass is 9.81. The number of aryl methyl sites for hydroxylation is 2. The third-order valence-electron chi connectivity index (χ3n) is 5.75. The molecule has 1 saturated heterocycles. The molecule has 2 heterocycles. The molecule has 1 aromatic heterocycles. The number of nitrogens with one attached hydrogen (secondary N) is 3. The monoisotopic (exact) mass is 331 g/mol. The van der Waals surface area contributed by atoms with Crippen LogP contribution < -0.4 is 21.7 Å². The molecule has 0 radical (unpaired) electrons. The van der Waals surface area contributed by atoms with E-state index in [0.29, 0.717) is 18.4 Å². The van der Waals surface area contributed by atoms with Crippen LogP contribution in [0.15, 0.2) is 10.9 Å². The Morgan fingerprint density at radius 1 is 1.29 bits per heavy atom. The predicted octanol–water partition coefficient (Wildman–Crippen LogP) is -0.211. The van der Waals surface area contributed by atoms with Gasteiger partial charge in [0.2, 0.25) is 5.91 Å². The lowest BCUT2D eigenvalue weighted by Gasteiger charge is -2.29. The van der Waals surface area contributed by atoms with E-state index in [0.717, 1.165) is 36.9 Å².